The molecule has 0 N–H and O–H groups in total. The van der Waals surface area contributed by atoms with Crippen LogP contribution in [-0.4, -0.2) is 11.6 Å². The zero-order valence-corrected chi connectivity index (χ0v) is 17.4. The van der Waals surface area contributed by atoms with Crippen LogP contribution in [0.4, 0.5) is 16.4 Å². The second kappa shape index (κ2) is 6.89. The fourth-order valence-electron chi connectivity index (χ4n) is 4.42. The van der Waals surface area contributed by atoms with E-state index in [4.69, 9.17) is 0 Å². The van der Waals surface area contributed by atoms with Gasteiger partial charge in [-0.1, -0.05) is 60.7 Å². The summed E-state index contributed by atoms with van der Waals surface area (Å²) in [7, 11) is 0. The molecule has 148 valence electrons. The predicted octanol–water partition coefficient (Wildman–Crippen LogP) is 6.58. The molecule has 4 aromatic rings. The Balaban J connectivity index is 1.43. The van der Waals surface area contributed by atoms with Gasteiger partial charge in [-0.15, -0.1) is 11.3 Å². The third-order valence-corrected chi connectivity index (χ3v) is 6.89. The quantitative estimate of drug-likeness (QED) is 0.239. The standard InChI is InChI=1S/C27H17NO2S/c29-26-20-9-3-4-10-21(20)27(30)22(26)16-19-13-14-25(31-19)28-23-11-5-1-7-17(23)15-18-8-2-6-12-24(18)28/h1-14,16H,15H2. The molecule has 0 fully saturated rings. The van der Waals surface area contributed by atoms with Gasteiger partial charge < -0.3 is 4.90 Å². The molecule has 3 aromatic carbocycles. The van der Waals surface area contributed by atoms with E-state index in [0.29, 0.717) is 11.1 Å². The molecule has 0 bridgehead atoms. The molecule has 0 amide bonds. The fraction of sp³-hybridized carbons (Fsp3) is 0.0370. The van der Waals surface area contributed by atoms with Crippen LogP contribution in [-0.2, 0) is 6.42 Å². The summed E-state index contributed by atoms with van der Waals surface area (Å²) >= 11 is 1.58. The average Bonchev–Trinajstić information content (AvgIpc) is 3.36. The molecule has 2 aliphatic rings. The second-order valence-electron chi connectivity index (χ2n) is 7.71. The molecule has 1 aromatic heterocycles. The van der Waals surface area contributed by atoms with E-state index >= 15 is 0 Å². The van der Waals surface area contributed by atoms with Gasteiger partial charge in [0.1, 0.15) is 5.00 Å². The highest BCUT2D eigenvalue weighted by atomic mass is 32.1. The van der Waals surface area contributed by atoms with Crippen molar-refractivity contribution >= 4 is 45.4 Å². The molecule has 0 unspecified atom stereocenters. The average molecular weight is 420 g/mol. The van der Waals surface area contributed by atoms with E-state index in [9.17, 15) is 9.59 Å². The van der Waals surface area contributed by atoms with Crippen LogP contribution in [0.2, 0.25) is 0 Å². The number of para-hydroxylation sites is 2. The van der Waals surface area contributed by atoms with Crippen molar-refractivity contribution in [2.24, 2.45) is 0 Å². The summed E-state index contributed by atoms with van der Waals surface area (Å²) in [4.78, 5) is 28.7. The molecule has 0 atom stereocenters. The molecule has 0 saturated heterocycles. The van der Waals surface area contributed by atoms with E-state index < -0.39 is 0 Å². The van der Waals surface area contributed by atoms with E-state index in [-0.39, 0.29) is 17.1 Å². The summed E-state index contributed by atoms with van der Waals surface area (Å²) in [5.74, 6) is -0.381. The van der Waals surface area contributed by atoms with Crippen molar-refractivity contribution in [2.75, 3.05) is 4.90 Å². The topological polar surface area (TPSA) is 37.4 Å². The highest BCUT2D eigenvalue weighted by Crippen LogP contribution is 2.46. The predicted molar refractivity (Wildman–Crippen MR) is 125 cm³/mol. The number of hydrogen-bond acceptors (Lipinski definition) is 4. The minimum absolute atomic E-state index is 0.191. The van der Waals surface area contributed by atoms with Crippen molar-refractivity contribution in [3.8, 4) is 0 Å². The summed E-state index contributed by atoms with van der Waals surface area (Å²) in [6.45, 7) is 0. The lowest BCUT2D eigenvalue weighted by Crippen LogP contribution is -2.17. The van der Waals surface area contributed by atoms with Crippen LogP contribution in [0.15, 0.2) is 90.5 Å². The van der Waals surface area contributed by atoms with Gasteiger partial charge in [0.15, 0.2) is 11.6 Å². The Morgan fingerprint density at radius 1 is 0.677 bits per heavy atom. The first kappa shape index (κ1) is 18.0. The fourth-order valence-corrected chi connectivity index (χ4v) is 5.39. The first-order valence-electron chi connectivity index (χ1n) is 10.2. The maximum atomic E-state index is 12.8. The number of anilines is 3. The third kappa shape index (κ3) is 2.80. The van der Waals surface area contributed by atoms with Gasteiger partial charge in [-0.3, -0.25) is 9.59 Å². The smallest absolute Gasteiger partial charge is 0.197 e. The van der Waals surface area contributed by atoms with Crippen molar-refractivity contribution in [2.45, 2.75) is 6.42 Å². The normalized spacial score (nSPS) is 14.3. The number of Topliss-reactive ketones (excluding diaryl/α,β-unsaturated/α-hetero) is 2. The Morgan fingerprint density at radius 2 is 1.23 bits per heavy atom. The van der Waals surface area contributed by atoms with E-state index in [1.807, 2.05) is 6.07 Å². The number of rotatable bonds is 2. The maximum absolute atomic E-state index is 12.8. The van der Waals surface area contributed by atoms with E-state index in [0.717, 1.165) is 16.3 Å². The Hall–Kier alpha value is -3.76. The van der Waals surface area contributed by atoms with Crippen molar-refractivity contribution in [3.05, 3.63) is 118 Å². The van der Waals surface area contributed by atoms with Gasteiger partial charge in [0.2, 0.25) is 0 Å². The molecule has 3 nitrogen and oxygen atoms in total. The van der Waals surface area contributed by atoms with E-state index in [1.54, 1.807) is 41.7 Å². The summed E-state index contributed by atoms with van der Waals surface area (Å²) in [6.07, 6.45) is 2.65. The van der Waals surface area contributed by atoms with Crippen LogP contribution >= 0.6 is 11.3 Å². The maximum Gasteiger partial charge on any atom is 0.197 e. The van der Waals surface area contributed by atoms with Gasteiger partial charge >= 0.3 is 0 Å². The molecule has 1 aliphatic carbocycles. The first-order chi connectivity index (χ1) is 15.2. The number of thiophene rings is 1. The number of hydrogen-bond donors (Lipinski definition) is 0. The molecule has 0 spiro atoms. The molecule has 6 rings (SSSR count). The van der Waals surface area contributed by atoms with Crippen LogP contribution in [0, 0.1) is 0 Å². The van der Waals surface area contributed by atoms with Crippen LogP contribution in [0.5, 0.6) is 0 Å². The summed E-state index contributed by atoms with van der Waals surface area (Å²) in [5, 5.41) is 1.06. The Morgan fingerprint density at radius 3 is 1.84 bits per heavy atom. The second-order valence-corrected chi connectivity index (χ2v) is 8.80. The van der Waals surface area contributed by atoms with Gasteiger partial charge in [-0.05, 0) is 41.5 Å². The number of carbonyl (C=O) groups is 2. The summed E-state index contributed by atoms with van der Waals surface area (Å²) in [6, 6.07) is 28.0. The van der Waals surface area contributed by atoms with Gasteiger partial charge in [-0.2, -0.15) is 0 Å². The van der Waals surface area contributed by atoms with E-state index in [1.165, 1.54) is 22.5 Å². The highest BCUT2D eigenvalue weighted by Gasteiger charge is 2.32. The highest BCUT2D eigenvalue weighted by molar-refractivity contribution is 7.17. The van der Waals surface area contributed by atoms with Gasteiger partial charge in [0, 0.05) is 22.4 Å². The van der Waals surface area contributed by atoms with E-state index in [2.05, 4.69) is 59.5 Å². The number of benzene rings is 3. The SMILES string of the molecule is O=C1C(=Cc2ccc(N3c4ccccc4Cc4ccccc43)s2)C(=O)c2ccccc21. The molecule has 0 saturated carbocycles. The number of carbonyl (C=O) groups excluding carboxylic acids is 2. The van der Waals surface area contributed by atoms with Crippen LogP contribution in [0.25, 0.3) is 6.08 Å². The number of nitrogens with zero attached hydrogens (tertiary/aromatic N) is 1. The zero-order chi connectivity index (χ0) is 20.9. The third-order valence-electron chi connectivity index (χ3n) is 5.87. The van der Waals surface area contributed by atoms with Crippen LogP contribution in [0.3, 0.4) is 0 Å². The lowest BCUT2D eigenvalue weighted by Gasteiger charge is -2.32. The minimum atomic E-state index is -0.191. The lowest BCUT2D eigenvalue weighted by atomic mass is 9.96. The molecular weight excluding hydrogens is 402 g/mol. The molecule has 0 radical (unpaired) electrons. The molecule has 4 heteroatoms. The molecular formula is C27H17NO2S. The van der Waals surface area contributed by atoms with Crippen molar-refractivity contribution in [1.29, 1.82) is 0 Å². The van der Waals surface area contributed by atoms with Crippen molar-refractivity contribution in [1.82, 2.24) is 0 Å². The van der Waals surface area contributed by atoms with Crippen molar-refractivity contribution in [3.63, 3.8) is 0 Å². The Kier molecular flexibility index (Phi) is 4.01. The summed E-state index contributed by atoms with van der Waals surface area (Å²) < 4.78 is 0. The number of ketones is 2. The van der Waals surface area contributed by atoms with Gasteiger partial charge in [0.25, 0.3) is 0 Å². The number of allylic oxidation sites excluding steroid dienone is 1. The Bertz CT molecular complexity index is 1330. The van der Waals surface area contributed by atoms with Crippen molar-refractivity contribution < 1.29 is 9.59 Å². The minimum Gasteiger partial charge on any atom is -0.301 e. The summed E-state index contributed by atoms with van der Waals surface area (Å²) in [5.41, 5.74) is 6.14. The Labute approximate surface area is 183 Å². The zero-order valence-electron chi connectivity index (χ0n) is 16.5. The van der Waals surface area contributed by atoms with Gasteiger partial charge in [0.05, 0.1) is 16.9 Å². The van der Waals surface area contributed by atoms with Gasteiger partial charge in [-0.25, -0.2) is 0 Å². The lowest BCUT2D eigenvalue weighted by molar-refractivity contribution is 0.0990. The molecule has 31 heavy (non-hydrogen) atoms. The molecule has 2 heterocycles. The monoisotopic (exact) mass is 419 g/mol. The number of fused-ring (bicyclic) bond motifs is 3. The first-order valence-corrected chi connectivity index (χ1v) is 11.0. The van der Waals surface area contributed by atoms with Crippen LogP contribution < -0.4 is 4.90 Å². The largest absolute Gasteiger partial charge is 0.301 e. The molecule has 1 aliphatic heterocycles. The van der Waals surface area contributed by atoms with Crippen LogP contribution in [0.1, 0.15) is 36.7 Å².